The van der Waals surface area contributed by atoms with Gasteiger partial charge in [-0.15, -0.1) is 0 Å². The van der Waals surface area contributed by atoms with Gasteiger partial charge in [-0.25, -0.2) is 0 Å². The molecule has 2 heterocycles. The summed E-state index contributed by atoms with van der Waals surface area (Å²) in [6, 6.07) is 14.5. The molecule has 25 heavy (non-hydrogen) atoms. The highest BCUT2D eigenvalue weighted by molar-refractivity contribution is 5.59. The molecule has 0 aliphatic carbocycles. The molecule has 0 bridgehead atoms. The van der Waals surface area contributed by atoms with Gasteiger partial charge in [0.15, 0.2) is 0 Å². The van der Waals surface area contributed by atoms with Gasteiger partial charge in [-0.3, -0.25) is 0 Å². The summed E-state index contributed by atoms with van der Waals surface area (Å²) < 4.78 is 6.26. The molecule has 0 aromatic heterocycles. The normalized spacial score (nSPS) is 25.6. The Balaban J connectivity index is 1.78. The molecule has 2 N–H and O–H groups in total. The van der Waals surface area contributed by atoms with E-state index in [1.807, 2.05) is 12.1 Å². The summed E-state index contributed by atoms with van der Waals surface area (Å²) >= 11 is 0. The number of phenols is 1. The maximum absolute atomic E-state index is 9.90. The summed E-state index contributed by atoms with van der Waals surface area (Å²) in [5, 5.41) is 13.6. The molecule has 0 unspecified atom stereocenters. The number of nitrogens with one attached hydrogen (secondary N) is 1. The van der Waals surface area contributed by atoms with Gasteiger partial charge in [0.05, 0.1) is 12.1 Å². The van der Waals surface area contributed by atoms with E-state index < -0.39 is 0 Å². The molecule has 3 atom stereocenters. The number of hydrogen-bond acceptors (Lipinski definition) is 3. The summed E-state index contributed by atoms with van der Waals surface area (Å²) in [4.78, 5) is 0. The van der Waals surface area contributed by atoms with Crippen LogP contribution in [-0.4, -0.2) is 11.7 Å². The van der Waals surface area contributed by atoms with Crippen molar-refractivity contribution in [2.45, 2.75) is 51.2 Å². The Labute approximate surface area is 150 Å². The number of ether oxygens (including phenoxy) is 1. The van der Waals surface area contributed by atoms with E-state index in [1.165, 1.54) is 11.1 Å². The maximum atomic E-state index is 9.90. The van der Waals surface area contributed by atoms with E-state index in [9.17, 15) is 5.11 Å². The van der Waals surface area contributed by atoms with E-state index in [1.54, 1.807) is 6.07 Å². The fourth-order valence-electron chi connectivity index (χ4n) is 4.19. The van der Waals surface area contributed by atoms with Crippen LogP contribution in [0.4, 0.5) is 5.69 Å². The van der Waals surface area contributed by atoms with Crippen LogP contribution in [0.3, 0.4) is 0 Å². The molecule has 3 nitrogen and oxygen atoms in total. The lowest BCUT2D eigenvalue weighted by Gasteiger charge is -2.44. The van der Waals surface area contributed by atoms with Crippen LogP contribution >= 0.6 is 0 Å². The standard InChI is InChI=1S/C22H27NO2/c1-22(2,3)15-9-10-19-18(13-15)21-17(8-5-11-25-21)20(23-19)14-6-4-7-16(24)12-14/h4,6-7,9-10,12-13,17,20-21,23-24H,5,8,11H2,1-3H3/t17-,20-,21-/m1/s1. The molecule has 132 valence electrons. The van der Waals surface area contributed by atoms with Crippen molar-refractivity contribution in [1.29, 1.82) is 0 Å². The van der Waals surface area contributed by atoms with Crippen LogP contribution < -0.4 is 5.32 Å². The molecule has 1 saturated heterocycles. The minimum Gasteiger partial charge on any atom is -0.508 e. The lowest BCUT2D eigenvalue weighted by Crippen LogP contribution is -2.36. The largest absolute Gasteiger partial charge is 0.508 e. The summed E-state index contributed by atoms with van der Waals surface area (Å²) in [6.07, 6.45) is 2.35. The highest BCUT2D eigenvalue weighted by Crippen LogP contribution is 2.50. The first-order valence-corrected chi connectivity index (χ1v) is 9.25. The lowest BCUT2D eigenvalue weighted by atomic mass is 9.76. The molecular formula is C22H27NO2. The van der Waals surface area contributed by atoms with Crippen molar-refractivity contribution in [3.8, 4) is 5.75 Å². The zero-order valence-electron chi connectivity index (χ0n) is 15.3. The summed E-state index contributed by atoms with van der Waals surface area (Å²) in [7, 11) is 0. The molecule has 0 amide bonds. The minimum absolute atomic E-state index is 0.125. The van der Waals surface area contributed by atoms with Crippen LogP contribution in [0.1, 0.15) is 62.4 Å². The van der Waals surface area contributed by atoms with E-state index in [-0.39, 0.29) is 17.6 Å². The SMILES string of the molecule is CC(C)(C)c1ccc2c(c1)[C@@H]1OCCC[C@@H]1[C@@H](c1cccc(O)c1)N2. The fourth-order valence-corrected chi connectivity index (χ4v) is 4.19. The Morgan fingerprint density at radius 2 is 1.96 bits per heavy atom. The van der Waals surface area contributed by atoms with Crippen molar-refractivity contribution >= 4 is 5.69 Å². The van der Waals surface area contributed by atoms with E-state index in [0.29, 0.717) is 11.7 Å². The minimum atomic E-state index is 0.125. The van der Waals surface area contributed by atoms with Gasteiger partial charge in [0.1, 0.15) is 5.75 Å². The summed E-state index contributed by atoms with van der Waals surface area (Å²) in [6.45, 7) is 7.58. The molecule has 2 aromatic carbocycles. The van der Waals surface area contributed by atoms with Crippen LogP contribution in [0.25, 0.3) is 0 Å². The van der Waals surface area contributed by atoms with Crippen LogP contribution in [0, 0.1) is 5.92 Å². The quantitative estimate of drug-likeness (QED) is 0.739. The molecule has 2 aliphatic rings. The molecule has 3 heteroatoms. The Morgan fingerprint density at radius 1 is 1.12 bits per heavy atom. The predicted octanol–water partition coefficient (Wildman–Crippen LogP) is 5.32. The van der Waals surface area contributed by atoms with Crippen molar-refractivity contribution in [2.24, 2.45) is 5.92 Å². The van der Waals surface area contributed by atoms with E-state index >= 15 is 0 Å². The van der Waals surface area contributed by atoms with Gasteiger partial charge < -0.3 is 15.2 Å². The third kappa shape index (κ3) is 3.02. The summed E-state index contributed by atoms with van der Waals surface area (Å²) in [5.74, 6) is 0.708. The smallest absolute Gasteiger partial charge is 0.115 e. The number of phenolic OH excluding ortho intramolecular Hbond substituents is 1. The molecule has 0 saturated carbocycles. The average Bonchev–Trinajstić information content (AvgIpc) is 2.60. The third-order valence-corrected chi connectivity index (χ3v) is 5.56. The predicted molar refractivity (Wildman–Crippen MR) is 101 cm³/mol. The fraction of sp³-hybridized carbons (Fsp3) is 0.455. The van der Waals surface area contributed by atoms with E-state index in [4.69, 9.17) is 4.74 Å². The van der Waals surface area contributed by atoms with Crippen molar-refractivity contribution in [3.05, 3.63) is 59.2 Å². The zero-order chi connectivity index (χ0) is 17.6. The van der Waals surface area contributed by atoms with E-state index in [2.05, 4.69) is 50.4 Å². The second-order valence-corrected chi connectivity index (χ2v) is 8.37. The van der Waals surface area contributed by atoms with Crippen molar-refractivity contribution in [3.63, 3.8) is 0 Å². The lowest BCUT2D eigenvalue weighted by molar-refractivity contribution is -0.0382. The van der Waals surface area contributed by atoms with Gasteiger partial charge in [0, 0.05) is 23.8 Å². The number of fused-ring (bicyclic) bond motifs is 3. The van der Waals surface area contributed by atoms with Crippen molar-refractivity contribution in [1.82, 2.24) is 0 Å². The van der Waals surface area contributed by atoms with Crippen LogP contribution in [-0.2, 0) is 10.2 Å². The average molecular weight is 337 g/mol. The van der Waals surface area contributed by atoms with Crippen molar-refractivity contribution < 1.29 is 9.84 Å². The number of benzene rings is 2. The first kappa shape index (κ1) is 16.5. The highest BCUT2D eigenvalue weighted by atomic mass is 16.5. The zero-order valence-corrected chi connectivity index (χ0v) is 15.3. The Hall–Kier alpha value is -2.00. The van der Waals surface area contributed by atoms with Gasteiger partial charge in [-0.05, 0) is 47.6 Å². The third-order valence-electron chi connectivity index (χ3n) is 5.56. The van der Waals surface area contributed by atoms with Gasteiger partial charge in [-0.1, -0.05) is 45.0 Å². The Kier molecular flexibility index (Phi) is 3.99. The van der Waals surface area contributed by atoms with Crippen molar-refractivity contribution in [2.75, 3.05) is 11.9 Å². The first-order valence-electron chi connectivity index (χ1n) is 9.25. The topological polar surface area (TPSA) is 41.5 Å². The van der Waals surface area contributed by atoms with Gasteiger partial charge in [0.2, 0.25) is 0 Å². The molecule has 4 rings (SSSR count). The second kappa shape index (κ2) is 6.06. The van der Waals surface area contributed by atoms with Crippen LogP contribution in [0.2, 0.25) is 0 Å². The molecular weight excluding hydrogens is 310 g/mol. The van der Waals surface area contributed by atoms with Gasteiger partial charge >= 0.3 is 0 Å². The Bertz CT molecular complexity index is 778. The molecule has 2 aromatic rings. The molecule has 0 radical (unpaired) electrons. The van der Waals surface area contributed by atoms with Gasteiger partial charge in [0.25, 0.3) is 0 Å². The van der Waals surface area contributed by atoms with Gasteiger partial charge in [-0.2, -0.15) is 0 Å². The van der Waals surface area contributed by atoms with E-state index in [0.717, 1.165) is 30.7 Å². The second-order valence-electron chi connectivity index (χ2n) is 8.37. The van der Waals surface area contributed by atoms with Crippen LogP contribution in [0.15, 0.2) is 42.5 Å². The highest BCUT2D eigenvalue weighted by Gasteiger charge is 2.40. The number of rotatable bonds is 1. The number of anilines is 1. The van der Waals surface area contributed by atoms with Crippen LogP contribution in [0.5, 0.6) is 5.75 Å². The molecule has 1 fully saturated rings. The molecule has 2 aliphatic heterocycles. The monoisotopic (exact) mass is 337 g/mol. The number of hydrogen-bond donors (Lipinski definition) is 2. The first-order chi connectivity index (χ1) is 11.9. The maximum Gasteiger partial charge on any atom is 0.115 e. The summed E-state index contributed by atoms with van der Waals surface area (Å²) in [5.41, 5.74) is 5.04. The number of aromatic hydroxyl groups is 1. The Morgan fingerprint density at radius 3 is 2.72 bits per heavy atom. The molecule has 0 spiro atoms.